The molecule has 0 amide bonds. The minimum Gasteiger partial charge on any atom is -0.368 e. The predicted octanol–water partition coefficient (Wildman–Crippen LogP) is 2.14. The first kappa shape index (κ1) is 24.5. The van der Waals surface area contributed by atoms with E-state index in [0.29, 0.717) is 6.42 Å². The second-order valence-electron chi connectivity index (χ2n) is 5.09. The van der Waals surface area contributed by atoms with Gasteiger partial charge in [0.25, 0.3) is 5.08 Å². The zero-order chi connectivity index (χ0) is 15.9. The van der Waals surface area contributed by atoms with Crippen molar-refractivity contribution < 1.29 is 33.8 Å². The third kappa shape index (κ3) is 8.61. The smallest absolute Gasteiger partial charge is 0.368 e. The van der Waals surface area contributed by atoms with Gasteiger partial charge in [0, 0.05) is 29.6 Å². The topological polar surface area (TPSA) is 135 Å². The zero-order valence-electron chi connectivity index (χ0n) is 12.8. The minimum atomic E-state index is -5.29. The molecule has 0 aromatic heterocycles. The molecule has 1 radical (unpaired) electrons. The number of hydrogen-bond acceptors (Lipinski definition) is 3. The second kappa shape index (κ2) is 10.9. The van der Waals surface area contributed by atoms with Crippen LogP contribution in [0.1, 0.15) is 64.7 Å². The molecule has 0 unspecified atom stereocenters. The van der Waals surface area contributed by atoms with Crippen LogP contribution >= 0.6 is 15.2 Å². The van der Waals surface area contributed by atoms with Gasteiger partial charge in [0.15, 0.2) is 0 Å². The van der Waals surface area contributed by atoms with Crippen molar-refractivity contribution in [2.45, 2.75) is 69.8 Å². The van der Waals surface area contributed by atoms with E-state index in [9.17, 15) is 14.2 Å². The van der Waals surface area contributed by atoms with Crippen LogP contribution in [0.15, 0.2) is 0 Å². The summed E-state index contributed by atoms with van der Waals surface area (Å²) in [6.45, 7) is 2.12. The Balaban J connectivity index is 0. The maximum Gasteiger partial charge on any atom is 0.369 e. The van der Waals surface area contributed by atoms with Crippen molar-refractivity contribution in [1.82, 2.24) is 0 Å². The molecule has 10 heteroatoms. The molecular weight excluding hydrogens is 329 g/mol. The molecule has 0 aliphatic carbocycles. The van der Waals surface area contributed by atoms with Crippen LogP contribution in [-0.4, -0.2) is 59.3 Å². The molecule has 0 saturated heterocycles. The Morgan fingerprint density at radius 1 is 0.762 bits per heavy atom. The summed E-state index contributed by atoms with van der Waals surface area (Å²) in [4.78, 5) is 35.8. The second-order valence-corrected chi connectivity index (χ2v) is 9.10. The van der Waals surface area contributed by atoms with E-state index in [1.807, 2.05) is 0 Å². The van der Waals surface area contributed by atoms with Crippen molar-refractivity contribution in [2.75, 3.05) is 0 Å². The fraction of sp³-hybridized carbons (Fsp3) is 1.00. The molecule has 0 spiro atoms. The van der Waals surface area contributed by atoms with Gasteiger partial charge in [-0.15, -0.1) is 0 Å². The van der Waals surface area contributed by atoms with Crippen molar-refractivity contribution in [2.24, 2.45) is 0 Å². The van der Waals surface area contributed by atoms with Crippen LogP contribution in [0.25, 0.3) is 0 Å². The van der Waals surface area contributed by atoms with Gasteiger partial charge in [0.2, 0.25) is 0 Å². The molecule has 0 fully saturated rings. The van der Waals surface area contributed by atoms with Gasteiger partial charge in [0.1, 0.15) is 0 Å². The first-order valence-corrected chi connectivity index (χ1v) is 10.1. The summed E-state index contributed by atoms with van der Waals surface area (Å²) in [6.07, 6.45) is 6.49. The van der Waals surface area contributed by atoms with Gasteiger partial charge in [0.05, 0.1) is 0 Å². The normalized spacial score (nSPS) is 13.0. The summed E-state index contributed by atoms with van der Waals surface area (Å²) >= 11 is 0. The van der Waals surface area contributed by atoms with Crippen LogP contribution in [-0.2, 0) is 9.13 Å². The molecule has 7 nitrogen and oxygen atoms in total. The van der Waals surface area contributed by atoms with Crippen molar-refractivity contribution in [1.29, 1.82) is 0 Å². The standard InChI is InChI=1S/C11H26O7P2.Na/c1-2-3-4-5-6-7-8-9-10-11(12,19(13,14)15)20(16,17)18;/h12H,2-10H2,1H3,(H2,13,14,15)(H2,16,17,18);. The van der Waals surface area contributed by atoms with Gasteiger partial charge >= 0.3 is 15.2 Å². The number of aliphatic hydroxyl groups is 1. The maximum atomic E-state index is 11.1. The van der Waals surface area contributed by atoms with Gasteiger partial charge in [-0.05, 0) is 12.8 Å². The Morgan fingerprint density at radius 3 is 1.43 bits per heavy atom. The molecule has 0 aromatic carbocycles. The molecule has 0 saturated carbocycles. The molecule has 123 valence electrons. The van der Waals surface area contributed by atoms with Crippen LogP contribution in [0, 0.1) is 0 Å². The van der Waals surface area contributed by atoms with Crippen molar-refractivity contribution in [3.05, 3.63) is 0 Å². The SMILES string of the molecule is CCCCCCCCCCC(O)(P(=O)(O)O)P(=O)(O)O.[Na]. The molecule has 0 atom stereocenters. The van der Waals surface area contributed by atoms with Crippen LogP contribution in [0.3, 0.4) is 0 Å². The Hall–Kier alpha value is 1.26. The molecule has 0 aliphatic heterocycles. The first-order chi connectivity index (χ1) is 9.06. The van der Waals surface area contributed by atoms with Crippen molar-refractivity contribution in [3.8, 4) is 0 Å². The van der Waals surface area contributed by atoms with Crippen LogP contribution in [0.2, 0.25) is 0 Å². The van der Waals surface area contributed by atoms with Crippen molar-refractivity contribution >= 4 is 44.7 Å². The Morgan fingerprint density at radius 2 is 1.10 bits per heavy atom. The summed E-state index contributed by atoms with van der Waals surface area (Å²) in [7, 11) is -10.6. The van der Waals surface area contributed by atoms with Gasteiger partial charge in [-0.25, -0.2) is 0 Å². The maximum absolute atomic E-state index is 11.1. The number of unbranched alkanes of at least 4 members (excludes halogenated alkanes) is 7. The molecule has 0 heterocycles. The third-order valence-electron chi connectivity index (χ3n) is 3.30. The summed E-state index contributed by atoms with van der Waals surface area (Å²) in [5, 5.41) is 6.38. The van der Waals surface area contributed by atoms with E-state index in [-0.39, 0.29) is 36.0 Å². The minimum absolute atomic E-state index is 0. The summed E-state index contributed by atoms with van der Waals surface area (Å²) in [5.41, 5.74) is 0. The summed E-state index contributed by atoms with van der Waals surface area (Å²) < 4.78 is 22.2. The fourth-order valence-corrected chi connectivity index (χ4v) is 4.21. The van der Waals surface area contributed by atoms with Gasteiger partial charge < -0.3 is 24.7 Å². The van der Waals surface area contributed by atoms with E-state index in [2.05, 4.69) is 6.92 Å². The molecular formula is C11H26NaO7P2. The van der Waals surface area contributed by atoms with Crippen LogP contribution in [0.4, 0.5) is 0 Å². The summed E-state index contributed by atoms with van der Waals surface area (Å²) in [6, 6.07) is 0. The first-order valence-electron chi connectivity index (χ1n) is 6.90. The largest absolute Gasteiger partial charge is 0.369 e. The van der Waals surface area contributed by atoms with Crippen molar-refractivity contribution in [3.63, 3.8) is 0 Å². The third-order valence-corrected chi connectivity index (χ3v) is 7.18. The van der Waals surface area contributed by atoms with Crippen LogP contribution < -0.4 is 0 Å². The average Bonchev–Trinajstić information content (AvgIpc) is 2.29. The Labute approximate surface area is 148 Å². The van der Waals surface area contributed by atoms with Gasteiger partial charge in [-0.3, -0.25) is 9.13 Å². The van der Waals surface area contributed by atoms with E-state index < -0.39 is 26.7 Å². The molecule has 0 bridgehead atoms. The van der Waals surface area contributed by atoms with E-state index in [0.717, 1.165) is 32.1 Å². The predicted molar refractivity (Wildman–Crippen MR) is 82.0 cm³/mol. The Bertz CT molecular complexity index is 344. The van der Waals surface area contributed by atoms with E-state index in [1.54, 1.807) is 0 Å². The number of rotatable bonds is 11. The van der Waals surface area contributed by atoms with Gasteiger partial charge in [-0.2, -0.15) is 0 Å². The van der Waals surface area contributed by atoms with E-state index in [4.69, 9.17) is 19.6 Å². The van der Waals surface area contributed by atoms with E-state index >= 15 is 0 Å². The molecule has 0 rings (SSSR count). The number of hydrogen-bond donors (Lipinski definition) is 5. The fourth-order valence-electron chi connectivity index (χ4n) is 1.96. The molecule has 21 heavy (non-hydrogen) atoms. The average molecular weight is 355 g/mol. The Kier molecular flexibility index (Phi) is 12.8. The van der Waals surface area contributed by atoms with Crippen LogP contribution in [0.5, 0.6) is 0 Å². The summed E-state index contributed by atoms with van der Waals surface area (Å²) in [5.74, 6) is 0. The zero-order valence-corrected chi connectivity index (χ0v) is 16.6. The quantitative estimate of drug-likeness (QED) is 0.218. The van der Waals surface area contributed by atoms with E-state index in [1.165, 1.54) is 6.42 Å². The van der Waals surface area contributed by atoms with Gasteiger partial charge in [-0.1, -0.05) is 51.9 Å². The monoisotopic (exact) mass is 355 g/mol. The molecule has 5 N–H and O–H groups in total. The molecule has 0 aliphatic rings. The molecule has 0 aromatic rings.